The number of ketones is 1. The van der Waals surface area contributed by atoms with Crippen LogP contribution in [0.3, 0.4) is 0 Å². The lowest BCUT2D eigenvalue weighted by Gasteiger charge is -2.47. The number of amides is 3. The van der Waals surface area contributed by atoms with Crippen molar-refractivity contribution in [3.8, 4) is 0 Å². The van der Waals surface area contributed by atoms with Crippen LogP contribution in [0.25, 0.3) is 5.65 Å². The summed E-state index contributed by atoms with van der Waals surface area (Å²) in [5.74, 6) is 0.308. The number of piperidine rings is 3. The first-order valence-corrected chi connectivity index (χ1v) is 22.4. The molecule has 1 aliphatic carbocycles. The van der Waals surface area contributed by atoms with Crippen LogP contribution in [0.2, 0.25) is 5.02 Å². The van der Waals surface area contributed by atoms with E-state index in [-0.39, 0.29) is 71.8 Å². The number of nitrogens with zero attached hydrogens (tertiary/aromatic N) is 9. The van der Waals surface area contributed by atoms with Crippen LogP contribution in [-0.4, -0.2) is 122 Å². The summed E-state index contributed by atoms with van der Waals surface area (Å²) in [5.41, 5.74) is 1.31. The molecule has 0 radical (unpaired) electrons. The number of likely N-dealkylation sites (tertiary alicyclic amines) is 2. The zero-order chi connectivity index (χ0) is 42.7. The van der Waals surface area contributed by atoms with Crippen molar-refractivity contribution in [1.29, 1.82) is 0 Å². The van der Waals surface area contributed by atoms with Crippen molar-refractivity contribution in [2.75, 3.05) is 67.5 Å². The third kappa shape index (κ3) is 7.95. The van der Waals surface area contributed by atoms with Gasteiger partial charge in [-0.2, -0.15) is 10.2 Å². The van der Waals surface area contributed by atoms with Crippen molar-refractivity contribution >= 4 is 57.9 Å². The molecule has 15 nitrogen and oxygen atoms in total. The molecular formula is C44H51ClF2N10O5. The Morgan fingerprint density at radius 1 is 0.984 bits per heavy atom. The molecule has 328 valence electrons. The topological polar surface area (TPSA) is 151 Å². The van der Waals surface area contributed by atoms with Crippen LogP contribution >= 0.6 is 11.6 Å². The lowest BCUT2D eigenvalue weighted by Crippen LogP contribution is -2.45. The Kier molecular flexibility index (Phi) is 11.0. The Balaban J connectivity index is 0.701. The number of carbonyl (C=O) groups is 4. The molecule has 2 atom stereocenters. The first-order chi connectivity index (χ1) is 30.0. The minimum atomic E-state index is -2.86. The lowest BCUT2D eigenvalue weighted by atomic mass is 9.65. The maximum Gasteiger partial charge on any atom is 0.284 e. The summed E-state index contributed by atoms with van der Waals surface area (Å²) >= 11 is 6.45. The van der Waals surface area contributed by atoms with Gasteiger partial charge in [0, 0.05) is 70.2 Å². The fourth-order valence-electron chi connectivity index (χ4n) is 10.8. The highest BCUT2D eigenvalue weighted by Crippen LogP contribution is 2.47. The number of nitrogens with one attached hydrogen (secondary N) is 1. The molecule has 0 unspecified atom stereocenters. The first kappa shape index (κ1) is 41.0. The molecule has 5 aliphatic heterocycles. The molecule has 18 heteroatoms. The van der Waals surface area contributed by atoms with Gasteiger partial charge in [0.15, 0.2) is 11.3 Å². The molecule has 1 aromatic carbocycles. The Bertz CT molecular complexity index is 2380. The predicted octanol–water partition coefficient (Wildman–Crippen LogP) is 6.19. The van der Waals surface area contributed by atoms with Crippen LogP contribution in [0.5, 0.6) is 0 Å². The zero-order valence-corrected chi connectivity index (χ0v) is 35.3. The molecule has 10 rings (SSSR count). The Hall–Kier alpha value is -5.00. The molecule has 5 saturated heterocycles. The highest BCUT2D eigenvalue weighted by molar-refractivity contribution is 6.34. The van der Waals surface area contributed by atoms with E-state index in [9.17, 15) is 28.0 Å². The quantitative estimate of drug-likeness (QED) is 0.193. The van der Waals surface area contributed by atoms with Gasteiger partial charge in [-0.15, -0.1) is 0 Å². The molecule has 6 aliphatic rings. The van der Waals surface area contributed by atoms with Gasteiger partial charge >= 0.3 is 0 Å². The molecule has 8 heterocycles. The summed E-state index contributed by atoms with van der Waals surface area (Å²) in [7, 11) is 0. The van der Waals surface area contributed by atoms with Crippen molar-refractivity contribution in [3.63, 3.8) is 0 Å². The maximum absolute atomic E-state index is 14.3. The number of aromatic nitrogens is 5. The summed E-state index contributed by atoms with van der Waals surface area (Å²) < 4.78 is 37.5. The van der Waals surface area contributed by atoms with Gasteiger partial charge in [0.25, 0.3) is 18.2 Å². The predicted molar refractivity (Wildman–Crippen MR) is 226 cm³/mol. The van der Waals surface area contributed by atoms with Gasteiger partial charge in [0.1, 0.15) is 17.2 Å². The molecule has 62 heavy (non-hydrogen) atoms. The minimum absolute atomic E-state index is 0.00685. The average molecular weight is 873 g/mol. The number of rotatable bonds is 9. The number of ether oxygens (including phenoxy) is 1. The van der Waals surface area contributed by atoms with Crippen molar-refractivity contribution in [3.05, 3.63) is 64.7 Å². The van der Waals surface area contributed by atoms with E-state index in [1.165, 1.54) is 15.6 Å². The largest absolute Gasteiger partial charge is 0.374 e. The van der Waals surface area contributed by atoms with Gasteiger partial charge in [0.2, 0.25) is 5.91 Å². The van der Waals surface area contributed by atoms with E-state index in [0.29, 0.717) is 47.5 Å². The molecule has 6 fully saturated rings. The van der Waals surface area contributed by atoms with Gasteiger partial charge in [-0.1, -0.05) is 11.6 Å². The zero-order valence-electron chi connectivity index (χ0n) is 34.6. The van der Waals surface area contributed by atoms with Crippen molar-refractivity contribution < 1.29 is 32.7 Å². The van der Waals surface area contributed by atoms with Crippen LogP contribution < -0.4 is 15.1 Å². The SMILES string of the molecule is O=C1CCN(c2cc(C(=O)N3CCC4(CCC(CN5CCC(n6cc(NC(=O)c7cnn8ccc(N9C[C@H]%10C[C@@H]9CO%10)nc78)c(C(F)F)n6)CC5)CC4)CC3)ccc2Cl)C(=O)C1. The summed E-state index contributed by atoms with van der Waals surface area (Å²) in [4.78, 5) is 64.4. The highest BCUT2D eigenvalue weighted by Gasteiger charge is 2.41. The Labute approximate surface area is 362 Å². The van der Waals surface area contributed by atoms with Gasteiger partial charge in [-0.25, -0.2) is 18.3 Å². The van der Waals surface area contributed by atoms with E-state index in [1.807, 2.05) is 11.0 Å². The van der Waals surface area contributed by atoms with Gasteiger partial charge in [-0.3, -0.25) is 23.9 Å². The standard InChI is InChI=1S/C44H51ClF2N10O5/c45-34-2-1-28(19-36(34)54-15-7-31(58)21-38(54)59)43(61)53-17-11-44(12-18-53)9-3-27(4-10-44)23-52-13-5-29(6-14-52)57-25-35(39(51-57)40(46)47)49-42(60)33-22-48-56-16-8-37(50-41(33)56)55-24-32-20-30(55)26-62-32/h1-2,8,16,19,22,25,27,29-30,32,40H,3-7,9-15,17-18,20-21,23-24,26H2,(H,49,60)/t30-,32-/m1/s1. The van der Waals surface area contributed by atoms with Crippen LogP contribution in [0.15, 0.2) is 42.9 Å². The number of benzene rings is 1. The van der Waals surface area contributed by atoms with E-state index >= 15 is 0 Å². The number of anilines is 3. The van der Waals surface area contributed by atoms with E-state index < -0.39 is 18.0 Å². The summed E-state index contributed by atoms with van der Waals surface area (Å²) in [6, 6.07) is 7.11. The van der Waals surface area contributed by atoms with Crippen molar-refractivity contribution in [2.45, 2.75) is 95.2 Å². The number of hydrogen-bond donors (Lipinski definition) is 1. The van der Waals surface area contributed by atoms with E-state index in [4.69, 9.17) is 21.3 Å². The van der Waals surface area contributed by atoms with Crippen LogP contribution in [0.1, 0.15) is 110 Å². The lowest BCUT2D eigenvalue weighted by molar-refractivity contribution is -0.128. The molecule has 1 spiro atoms. The molecule has 3 aromatic heterocycles. The molecule has 1 saturated carbocycles. The monoisotopic (exact) mass is 872 g/mol. The fraction of sp³-hybridized carbons (Fsp3) is 0.568. The summed E-state index contributed by atoms with van der Waals surface area (Å²) in [6.45, 7) is 5.71. The Morgan fingerprint density at radius 3 is 2.48 bits per heavy atom. The summed E-state index contributed by atoms with van der Waals surface area (Å²) in [5, 5.41) is 11.7. The second kappa shape index (κ2) is 16.6. The van der Waals surface area contributed by atoms with Crippen LogP contribution in [0, 0.1) is 11.3 Å². The van der Waals surface area contributed by atoms with Gasteiger partial charge in [0.05, 0.1) is 53.8 Å². The third-order valence-corrected chi connectivity index (χ3v) is 14.8. The van der Waals surface area contributed by atoms with Crippen molar-refractivity contribution in [1.82, 2.24) is 34.2 Å². The number of Topliss-reactive ketones (excluding diaryl/α,β-unsaturated/α-hetero) is 1. The molecule has 2 bridgehead atoms. The molecule has 4 aromatic rings. The highest BCUT2D eigenvalue weighted by atomic mass is 35.5. The van der Waals surface area contributed by atoms with Crippen LogP contribution in [0.4, 0.5) is 26.0 Å². The van der Waals surface area contributed by atoms with E-state index in [2.05, 4.69) is 25.3 Å². The second-order valence-corrected chi connectivity index (χ2v) is 18.6. The van der Waals surface area contributed by atoms with Gasteiger partial charge < -0.3 is 29.7 Å². The normalized spacial score (nSPS) is 23.7. The fourth-order valence-corrected chi connectivity index (χ4v) is 11.0. The van der Waals surface area contributed by atoms with Crippen molar-refractivity contribution in [2.24, 2.45) is 11.3 Å². The smallest absolute Gasteiger partial charge is 0.284 e. The first-order valence-electron chi connectivity index (χ1n) is 22.0. The maximum atomic E-state index is 14.3. The number of morpholine rings is 1. The number of carbonyl (C=O) groups excluding carboxylic acids is 4. The number of hydrogen-bond acceptors (Lipinski definition) is 10. The van der Waals surface area contributed by atoms with Crippen LogP contribution in [-0.2, 0) is 14.3 Å². The molecular weight excluding hydrogens is 822 g/mol. The van der Waals surface area contributed by atoms with E-state index in [1.54, 1.807) is 35.3 Å². The third-order valence-electron chi connectivity index (χ3n) is 14.5. The number of halogens is 3. The second-order valence-electron chi connectivity index (χ2n) is 18.2. The number of alkyl halides is 2. The number of fused-ring (bicyclic) bond motifs is 3. The molecule has 1 N–H and O–H groups in total. The minimum Gasteiger partial charge on any atom is -0.374 e. The average Bonchev–Trinajstić information content (AvgIpc) is 4.10. The summed E-state index contributed by atoms with van der Waals surface area (Å²) in [6.07, 6.45) is 11.1. The van der Waals surface area contributed by atoms with Gasteiger partial charge in [-0.05, 0) is 93.4 Å². The Morgan fingerprint density at radius 2 is 1.77 bits per heavy atom. The van der Waals surface area contributed by atoms with E-state index in [0.717, 1.165) is 89.8 Å². The molecule has 3 amide bonds.